The molecule has 0 fully saturated rings. The van der Waals surface area contributed by atoms with E-state index in [0.29, 0.717) is 18.5 Å². The summed E-state index contributed by atoms with van der Waals surface area (Å²) >= 11 is 0. The van der Waals surface area contributed by atoms with Crippen LogP contribution in [0.5, 0.6) is 0 Å². The first-order chi connectivity index (χ1) is 7.11. The number of hydrogen-bond donors (Lipinski definition) is 1. The van der Waals surface area contributed by atoms with Crippen molar-refractivity contribution in [2.24, 2.45) is 5.73 Å². The van der Waals surface area contributed by atoms with Crippen LogP contribution in [0.3, 0.4) is 0 Å². The van der Waals surface area contributed by atoms with Gasteiger partial charge in [-0.1, -0.05) is 0 Å². The quantitative estimate of drug-likeness (QED) is 0.572. The van der Waals surface area contributed by atoms with Crippen molar-refractivity contribution in [3.8, 4) is 0 Å². The standard InChI is InChI=1S/C9H11N3O3/c10-9(13)5-1-3-7-8(12(14)15)4-2-6-11-7/h2,4,6H,1,3,5H2,(H2,10,13). The van der Waals surface area contributed by atoms with Crippen molar-refractivity contribution in [2.45, 2.75) is 19.3 Å². The predicted molar refractivity (Wildman–Crippen MR) is 53.0 cm³/mol. The molecule has 1 amide bonds. The van der Waals surface area contributed by atoms with Gasteiger partial charge >= 0.3 is 0 Å². The molecule has 1 rings (SSSR count). The van der Waals surface area contributed by atoms with E-state index < -0.39 is 10.8 Å². The fraction of sp³-hybridized carbons (Fsp3) is 0.333. The summed E-state index contributed by atoms with van der Waals surface area (Å²) in [4.78, 5) is 24.5. The minimum absolute atomic E-state index is 0.0121. The summed E-state index contributed by atoms with van der Waals surface area (Å²) in [6.07, 6.45) is 2.58. The number of pyridine rings is 1. The first-order valence-corrected chi connectivity index (χ1v) is 4.48. The Balaban J connectivity index is 2.67. The fourth-order valence-corrected chi connectivity index (χ4v) is 1.22. The molecule has 0 aliphatic heterocycles. The Kier molecular flexibility index (Phi) is 3.73. The Morgan fingerprint density at radius 3 is 2.93 bits per heavy atom. The van der Waals surface area contributed by atoms with Gasteiger partial charge in [-0.15, -0.1) is 0 Å². The second-order valence-corrected chi connectivity index (χ2v) is 3.05. The summed E-state index contributed by atoms with van der Waals surface area (Å²) < 4.78 is 0. The van der Waals surface area contributed by atoms with Gasteiger partial charge in [0.1, 0.15) is 5.69 Å². The number of nitro groups is 1. The average Bonchev–Trinajstić information content (AvgIpc) is 2.17. The van der Waals surface area contributed by atoms with Crippen LogP contribution in [0.4, 0.5) is 5.69 Å². The highest BCUT2D eigenvalue weighted by Gasteiger charge is 2.13. The van der Waals surface area contributed by atoms with Gasteiger partial charge in [0.25, 0.3) is 5.69 Å². The van der Waals surface area contributed by atoms with Crippen LogP contribution < -0.4 is 5.73 Å². The number of primary amides is 1. The molecule has 0 saturated carbocycles. The van der Waals surface area contributed by atoms with Crippen molar-refractivity contribution in [1.82, 2.24) is 4.98 Å². The van der Waals surface area contributed by atoms with Crippen LogP contribution in [-0.4, -0.2) is 15.8 Å². The Bertz CT molecular complexity index is 379. The molecule has 0 aliphatic carbocycles. The van der Waals surface area contributed by atoms with Gasteiger partial charge in [-0.3, -0.25) is 19.9 Å². The highest BCUT2D eigenvalue weighted by molar-refractivity contribution is 5.73. The van der Waals surface area contributed by atoms with Crippen LogP contribution >= 0.6 is 0 Å². The summed E-state index contributed by atoms with van der Waals surface area (Å²) in [6, 6.07) is 2.91. The molecule has 2 N–H and O–H groups in total. The lowest BCUT2D eigenvalue weighted by Crippen LogP contribution is -2.10. The number of nitrogens with two attached hydrogens (primary N) is 1. The molecule has 0 bridgehead atoms. The summed E-state index contributed by atoms with van der Waals surface area (Å²) in [6.45, 7) is 0. The third-order valence-electron chi connectivity index (χ3n) is 1.90. The molecule has 0 spiro atoms. The minimum atomic E-state index is -0.480. The highest BCUT2D eigenvalue weighted by atomic mass is 16.6. The molecular formula is C9H11N3O3. The Hall–Kier alpha value is -1.98. The SMILES string of the molecule is NC(=O)CCCc1ncccc1[N+](=O)[O-]. The van der Waals surface area contributed by atoms with Gasteiger partial charge in [-0.05, 0) is 18.9 Å². The van der Waals surface area contributed by atoms with E-state index in [1.807, 2.05) is 0 Å². The summed E-state index contributed by atoms with van der Waals surface area (Å²) in [5.41, 5.74) is 5.34. The fourth-order valence-electron chi connectivity index (χ4n) is 1.22. The molecule has 15 heavy (non-hydrogen) atoms. The molecule has 0 aromatic carbocycles. The maximum atomic E-state index is 10.6. The van der Waals surface area contributed by atoms with E-state index in [1.165, 1.54) is 18.3 Å². The van der Waals surface area contributed by atoms with E-state index in [4.69, 9.17) is 5.73 Å². The molecule has 0 unspecified atom stereocenters. The first-order valence-electron chi connectivity index (χ1n) is 4.48. The van der Waals surface area contributed by atoms with Gasteiger partial charge < -0.3 is 5.73 Å². The summed E-state index contributed by atoms with van der Waals surface area (Å²) in [5.74, 6) is -0.409. The van der Waals surface area contributed by atoms with Crippen LogP contribution in [0.25, 0.3) is 0 Å². The van der Waals surface area contributed by atoms with Crippen LogP contribution in [-0.2, 0) is 11.2 Å². The van der Waals surface area contributed by atoms with E-state index in [2.05, 4.69) is 4.98 Å². The van der Waals surface area contributed by atoms with E-state index in [9.17, 15) is 14.9 Å². The van der Waals surface area contributed by atoms with Crippen LogP contribution in [0.2, 0.25) is 0 Å². The van der Waals surface area contributed by atoms with E-state index in [-0.39, 0.29) is 12.1 Å². The lowest BCUT2D eigenvalue weighted by atomic mass is 10.1. The zero-order valence-electron chi connectivity index (χ0n) is 8.05. The van der Waals surface area contributed by atoms with Crippen LogP contribution in [0.15, 0.2) is 18.3 Å². The second-order valence-electron chi connectivity index (χ2n) is 3.05. The zero-order valence-corrected chi connectivity index (χ0v) is 8.05. The molecule has 1 aromatic rings. The number of hydrogen-bond acceptors (Lipinski definition) is 4. The molecule has 6 heteroatoms. The number of rotatable bonds is 5. The molecular weight excluding hydrogens is 198 g/mol. The lowest BCUT2D eigenvalue weighted by molar-refractivity contribution is -0.385. The van der Waals surface area contributed by atoms with Crippen molar-refractivity contribution in [3.63, 3.8) is 0 Å². The Labute approximate surface area is 86.3 Å². The van der Waals surface area contributed by atoms with Crippen LogP contribution in [0, 0.1) is 10.1 Å². The third kappa shape index (κ3) is 3.34. The smallest absolute Gasteiger partial charge is 0.290 e. The Morgan fingerprint density at radius 1 is 1.60 bits per heavy atom. The highest BCUT2D eigenvalue weighted by Crippen LogP contribution is 2.16. The number of nitrogens with zero attached hydrogens (tertiary/aromatic N) is 2. The predicted octanol–water partition coefficient (Wildman–Crippen LogP) is 0.798. The van der Waals surface area contributed by atoms with Crippen molar-refractivity contribution in [1.29, 1.82) is 0 Å². The van der Waals surface area contributed by atoms with Gasteiger partial charge in [-0.25, -0.2) is 0 Å². The average molecular weight is 209 g/mol. The first kappa shape index (κ1) is 11.1. The second kappa shape index (κ2) is 5.04. The van der Waals surface area contributed by atoms with Gasteiger partial charge in [-0.2, -0.15) is 0 Å². The molecule has 6 nitrogen and oxygen atoms in total. The number of aromatic nitrogens is 1. The van der Waals surface area contributed by atoms with Gasteiger partial charge in [0.2, 0.25) is 5.91 Å². The van der Waals surface area contributed by atoms with Crippen molar-refractivity contribution < 1.29 is 9.72 Å². The molecule has 0 radical (unpaired) electrons. The van der Waals surface area contributed by atoms with Crippen LogP contribution in [0.1, 0.15) is 18.5 Å². The van der Waals surface area contributed by atoms with Gasteiger partial charge in [0.05, 0.1) is 4.92 Å². The Morgan fingerprint density at radius 2 is 2.33 bits per heavy atom. The largest absolute Gasteiger partial charge is 0.370 e. The van der Waals surface area contributed by atoms with Crippen molar-refractivity contribution in [2.75, 3.05) is 0 Å². The maximum Gasteiger partial charge on any atom is 0.290 e. The lowest BCUT2D eigenvalue weighted by Gasteiger charge is -2.00. The molecule has 0 atom stereocenters. The van der Waals surface area contributed by atoms with Crippen molar-refractivity contribution in [3.05, 3.63) is 34.1 Å². The molecule has 1 aromatic heterocycles. The number of amides is 1. The third-order valence-corrected chi connectivity index (χ3v) is 1.90. The minimum Gasteiger partial charge on any atom is -0.370 e. The number of carbonyl (C=O) groups is 1. The maximum absolute atomic E-state index is 10.6. The normalized spacial score (nSPS) is 9.87. The zero-order chi connectivity index (χ0) is 11.3. The number of aryl methyl sites for hydroxylation is 1. The van der Waals surface area contributed by atoms with Gasteiger partial charge in [0, 0.05) is 18.7 Å². The summed E-state index contributed by atoms with van der Waals surface area (Å²) in [5, 5.41) is 10.6. The molecule has 0 saturated heterocycles. The monoisotopic (exact) mass is 209 g/mol. The molecule has 0 aliphatic rings. The summed E-state index contributed by atoms with van der Waals surface area (Å²) in [7, 11) is 0. The number of carbonyl (C=O) groups excluding carboxylic acids is 1. The topological polar surface area (TPSA) is 99.1 Å². The van der Waals surface area contributed by atoms with Gasteiger partial charge in [0.15, 0.2) is 0 Å². The molecule has 1 heterocycles. The van der Waals surface area contributed by atoms with E-state index in [0.717, 1.165) is 0 Å². The molecule has 80 valence electrons. The van der Waals surface area contributed by atoms with E-state index >= 15 is 0 Å². The van der Waals surface area contributed by atoms with Crippen molar-refractivity contribution >= 4 is 11.6 Å². The van der Waals surface area contributed by atoms with E-state index in [1.54, 1.807) is 0 Å².